The molecular weight excluding hydrogens is 275 g/mol. The van der Waals surface area contributed by atoms with Gasteiger partial charge in [0.25, 0.3) is 0 Å². The lowest BCUT2D eigenvalue weighted by molar-refractivity contribution is -0.171. The highest BCUT2D eigenvalue weighted by Gasteiger charge is 2.44. The summed E-state index contributed by atoms with van der Waals surface area (Å²) in [6, 6.07) is -1.52. The summed E-state index contributed by atoms with van der Waals surface area (Å²) in [5.41, 5.74) is 0.564. The molecule has 0 saturated heterocycles. The van der Waals surface area contributed by atoms with Crippen LogP contribution in [0.5, 0.6) is 0 Å². The van der Waals surface area contributed by atoms with Gasteiger partial charge >= 0.3 is 6.18 Å². The van der Waals surface area contributed by atoms with Crippen molar-refractivity contribution in [2.45, 2.75) is 25.6 Å². The van der Waals surface area contributed by atoms with E-state index in [0.717, 1.165) is 4.68 Å². The van der Waals surface area contributed by atoms with E-state index in [2.05, 4.69) is 26.3 Å². The fourth-order valence-corrected chi connectivity index (χ4v) is 2.06. The molecule has 0 spiro atoms. The Morgan fingerprint density at radius 3 is 2.80 bits per heavy atom. The van der Waals surface area contributed by atoms with Gasteiger partial charge < -0.3 is 5.32 Å². The minimum Gasteiger partial charge on any atom is -0.369 e. The third kappa shape index (κ3) is 1.73. The summed E-state index contributed by atoms with van der Waals surface area (Å²) in [5.74, 6) is 0.418. The SMILES string of the molecule is Cc1nn2c(c1Br)NCC[C@H]2C(F)(F)F. The summed E-state index contributed by atoms with van der Waals surface area (Å²) >= 11 is 3.22. The summed E-state index contributed by atoms with van der Waals surface area (Å²) in [5, 5.41) is 6.79. The first kappa shape index (κ1) is 10.8. The fraction of sp³-hybridized carbons (Fsp3) is 0.625. The topological polar surface area (TPSA) is 29.9 Å². The summed E-state index contributed by atoms with van der Waals surface area (Å²) in [6.07, 6.45) is -4.22. The van der Waals surface area contributed by atoms with Crippen LogP contribution in [-0.2, 0) is 0 Å². The summed E-state index contributed by atoms with van der Waals surface area (Å²) in [4.78, 5) is 0. The Hall–Kier alpha value is -0.720. The number of fused-ring (bicyclic) bond motifs is 1. The van der Waals surface area contributed by atoms with E-state index in [1.807, 2.05) is 0 Å². The Bertz CT molecular complexity index is 385. The molecule has 1 N–H and O–H groups in total. The Labute approximate surface area is 92.8 Å². The first-order chi connectivity index (χ1) is 6.91. The highest BCUT2D eigenvalue weighted by molar-refractivity contribution is 9.10. The average molecular weight is 284 g/mol. The predicted molar refractivity (Wildman–Crippen MR) is 52.9 cm³/mol. The molecule has 7 heteroatoms. The smallest absolute Gasteiger partial charge is 0.369 e. The second-order valence-electron chi connectivity index (χ2n) is 3.47. The lowest BCUT2D eigenvalue weighted by Gasteiger charge is -2.27. The number of nitrogens with zero attached hydrogens (tertiary/aromatic N) is 2. The molecule has 0 bridgehead atoms. The predicted octanol–water partition coefficient (Wildman–Crippen LogP) is 2.87. The van der Waals surface area contributed by atoms with Gasteiger partial charge in [-0.2, -0.15) is 18.3 Å². The maximum atomic E-state index is 12.7. The Morgan fingerprint density at radius 2 is 2.20 bits per heavy atom. The van der Waals surface area contributed by atoms with Gasteiger partial charge in [-0.3, -0.25) is 0 Å². The van der Waals surface area contributed by atoms with Crippen LogP contribution in [-0.4, -0.2) is 22.5 Å². The van der Waals surface area contributed by atoms with E-state index in [1.54, 1.807) is 6.92 Å². The highest BCUT2D eigenvalue weighted by atomic mass is 79.9. The van der Waals surface area contributed by atoms with Gasteiger partial charge in [-0.15, -0.1) is 0 Å². The van der Waals surface area contributed by atoms with Crippen molar-refractivity contribution in [2.75, 3.05) is 11.9 Å². The molecular formula is C8H9BrF3N3. The van der Waals surface area contributed by atoms with Crippen LogP contribution >= 0.6 is 15.9 Å². The molecule has 1 aromatic heterocycles. The molecule has 1 aliphatic heterocycles. The highest BCUT2D eigenvalue weighted by Crippen LogP contribution is 2.40. The fourth-order valence-electron chi connectivity index (χ4n) is 1.66. The van der Waals surface area contributed by atoms with E-state index in [0.29, 0.717) is 22.5 Å². The standard InChI is InChI=1S/C8H9BrF3N3/c1-4-6(9)7-13-3-2-5(8(10,11)12)15(7)14-4/h5,13H,2-3H2,1H3/t5-/m0/s1. The molecule has 1 aliphatic rings. The van der Waals surface area contributed by atoms with E-state index in [-0.39, 0.29) is 6.42 Å². The van der Waals surface area contributed by atoms with Crippen LogP contribution in [0.2, 0.25) is 0 Å². The van der Waals surface area contributed by atoms with Gasteiger partial charge in [0, 0.05) is 6.54 Å². The summed E-state index contributed by atoms with van der Waals surface area (Å²) < 4.78 is 39.6. The number of halogens is 4. The van der Waals surface area contributed by atoms with Gasteiger partial charge in [0.1, 0.15) is 5.82 Å². The van der Waals surface area contributed by atoms with Gasteiger partial charge in [-0.1, -0.05) is 0 Å². The van der Waals surface area contributed by atoms with Crippen molar-refractivity contribution in [3.63, 3.8) is 0 Å². The number of aryl methyl sites for hydroxylation is 1. The molecule has 0 aromatic carbocycles. The van der Waals surface area contributed by atoms with Gasteiger partial charge in [0.15, 0.2) is 6.04 Å². The van der Waals surface area contributed by atoms with Gasteiger partial charge in [0.05, 0.1) is 10.2 Å². The molecule has 1 atom stereocenters. The van der Waals surface area contributed by atoms with Crippen molar-refractivity contribution in [1.29, 1.82) is 0 Å². The Kier molecular flexibility index (Phi) is 2.44. The van der Waals surface area contributed by atoms with E-state index >= 15 is 0 Å². The zero-order chi connectivity index (χ0) is 11.2. The molecule has 0 saturated carbocycles. The average Bonchev–Trinajstić information content (AvgIpc) is 2.41. The molecule has 0 amide bonds. The summed E-state index contributed by atoms with van der Waals surface area (Å²) in [7, 11) is 0. The normalized spacial score (nSPS) is 21.0. The van der Waals surface area contributed by atoms with Crippen LogP contribution in [0.3, 0.4) is 0 Å². The van der Waals surface area contributed by atoms with Crippen LogP contribution in [0.4, 0.5) is 19.0 Å². The van der Waals surface area contributed by atoms with Crippen LogP contribution in [0.15, 0.2) is 4.47 Å². The van der Waals surface area contributed by atoms with Crippen molar-refractivity contribution in [3.05, 3.63) is 10.2 Å². The van der Waals surface area contributed by atoms with Crippen molar-refractivity contribution in [3.8, 4) is 0 Å². The lowest BCUT2D eigenvalue weighted by atomic mass is 10.1. The molecule has 0 fully saturated rings. The minimum atomic E-state index is -4.24. The van der Waals surface area contributed by atoms with Crippen LogP contribution < -0.4 is 5.32 Å². The quantitative estimate of drug-likeness (QED) is 0.794. The largest absolute Gasteiger partial charge is 0.410 e. The number of anilines is 1. The van der Waals surface area contributed by atoms with Crippen LogP contribution in [0.25, 0.3) is 0 Å². The zero-order valence-electron chi connectivity index (χ0n) is 7.90. The van der Waals surface area contributed by atoms with Crippen molar-refractivity contribution >= 4 is 21.7 Å². The number of aromatic nitrogens is 2. The van der Waals surface area contributed by atoms with Gasteiger partial charge in [0.2, 0.25) is 0 Å². The first-order valence-corrected chi connectivity index (χ1v) is 5.25. The van der Waals surface area contributed by atoms with Crippen LogP contribution in [0.1, 0.15) is 18.2 Å². The Morgan fingerprint density at radius 1 is 1.53 bits per heavy atom. The Balaban J connectivity index is 2.48. The molecule has 0 radical (unpaired) electrons. The van der Waals surface area contributed by atoms with E-state index in [4.69, 9.17) is 0 Å². The molecule has 15 heavy (non-hydrogen) atoms. The zero-order valence-corrected chi connectivity index (χ0v) is 9.48. The van der Waals surface area contributed by atoms with E-state index in [1.165, 1.54) is 0 Å². The molecule has 0 unspecified atom stereocenters. The maximum Gasteiger partial charge on any atom is 0.410 e. The van der Waals surface area contributed by atoms with Gasteiger partial charge in [-0.25, -0.2) is 4.68 Å². The molecule has 2 heterocycles. The van der Waals surface area contributed by atoms with Crippen molar-refractivity contribution in [2.24, 2.45) is 0 Å². The first-order valence-electron chi connectivity index (χ1n) is 4.46. The summed E-state index contributed by atoms with van der Waals surface area (Å²) in [6.45, 7) is 1.98. The molecule has 84 valence electrons. The lowest BCUT2D eigenvalue weighted by Crippen LogP contribution is -2.34. The molecule has 3 nitrogen and oxygen atoms in total. The number of nitrogens with one attached hydrogen (secondary N) is 1. The third-order valence-corrected chi connectivity index (χ3v) is 3.35. The molecule has 1 aromatic rings. The number of hydrogen-bond donors (Lipinski definition) is 1. The van der Waals surface area contributed by atoms with Crippen molar-refractivity contribution < 1.29 is 13.2 Å². The number of alkyl halides is 3. The minimum absolute atomic E-state index is 0.0179. The van der Waals surface area contributed by atoms with E-state index < -0.39 is 12.2 Å². The number of hydrogen-bond acceptors (Lipinski definition) is 2. The maximum absolute atomic E-state index is 12.7. The number of rotatable bonds is 0. The monoisotopic (exact) mass is 283 g/mol. The van der Waals surface area contributed by atoms with E-state index in [9.17, 15) is 13.2 Å². The molecule has 2 rings (SSSR count). The second kappa shape index (κ2) is 3.40. The molecule has 0 aliphatic carbocycles. The van der Waals surface area contributed by atoms with Crippen molar-refractivity contribution in [1.82, 2.24) is 9.78 Å². The second-order valence-corrected chi connectivity index (χ2v) is 4.26. The van der Waals surface area contributed by atoms with Crippen LogP contribution in [0, 0.1) is 6.92 Å². The van der Waals surface area contributed by atoms with Gasteiger partial charge in [-0.05, 0) is 29.3 Å². The third-order valence-electron chi connectivity index (χ3n) is 2.40.